The molecule has 1 heterocycles. The zero-order valence-corrected chi connectivity index (χ0v) is 17.1. The molecule has 1 N–H and O–H groups in total. The molecule has 1 aliphatic rings. The second-order valence-electron chi connectivity index (χ2n) is 7.90. The summed E-state index contributed by atoms with van der Waals surface area (Å²) >= 11 is 0. The Kier molecular flexibility index (Phi) is 6.69. The molecule has 26 heavy (non-hydrogen) atoms. The van der Waals surface area contributed by atoms with Crippen LogP contribution in [-0.2, 0) is 14.8 Å². The van der Waals surface area contributed by atoms with Crippen LogP contribution in [0, 0.1) is 0 Å². The fourth-order valence-electron chi connectivity index (χ4n) is 3.33. The van der Waals surface area contributed by atoms with E-state index >= 15 is 0 Å². The van der Waals surface area contributed by atoms with Crippen molar-refractivity contribution in [3.63, 3.8) is 0 Å². The highest BCUT2D eigenvalue weighted by atomic mass is 32.2. The maximum Gasteiger partial charge on any atom is 0.225 e. The maximum atomic E-state index is 12.2. The van der Waals surface area contributed by atoms with Crippen molar-refractivity contribution in [2.75, 3.05) is 36.1 Å². The predicted octanol–water partition coefficient (Wildman–Crippen LogP) is 3.07. The lowest BCUT2D eigenvalue weighted by molar-refractivity contribution is -0.116. The van der Waals surface area contributed by atoms with Gasteiger partial charge in [-0.1, -0.05) is 0 Å². The van der Waals surface area contributed by atoms with E-state index < -0.39 is 15.6 Å². The lowest BCUT2D eigenvalue weighted by atomic mass is 10.1. The van der Waals surface area contributed by atoms with Gasteiger partial charge in [0, 0.05) is 43.0 Å². The Morgan fingerprint density at radius 1 is 1.12 bits per heavy atom. The van der Waals surface area contributed by atoms with Crippen LogP contribution in [0.25, 0.3) is 0 Å². The summed E-state index contributed by atoms with van der Waals surface area (Å²) in [7, 11) is -3.36. The number of hydrogen-bond acceptors (Lipinski definition) is 4. The molecule has 1 fully saturated rings. The van der Waals surface area contributed by atoms with Gasteiger partial charge in [0.05, 0.1) is 6.26 Å². The molecule has 1 amide bonds. The molecule has 0 atom stereocenters. The molecular formula is C19H31N3O3S. The first-order valence-electron chi connectivity index (χ1n) is 9.20. The Morgan fingerprint density at radius 2 is 1.69 bits per heavy atom. The molecule has 2 rings (SSSR count). The number of rotatable bonds is 6. The van der Waals surface area contributed by atoms with E-state index in [0.29, 0.717) is 0 Å². The van der Waals surface area contributed by atoms with E-state index in [4.69, 9.17) is 0 Å². The predicted molar refractivity (Wildman–Crippen MR) is 107 cm³/mol. The van der Waals surface area contributed by atoms with Gasteiger partial charge in [-0.2, -0.15) is 4.31 Å². The van der Waals surface area contributed by atoms with Gasteiger partial charge >= 0.3 is 0 Å². The number of benzene rings is 1. The van der Waals surface area contributed by atoms with E-state index in [9.17, 15) is 13.2 Å². The van der Waals surface area contributed by atoms with Crippen LogP contribution in [0.1, 0.15) is 46.5 Å². The molecule has 6 nitrogen and oxygen atoms in total. The quantitative estimate of drug-likeness (QED) is 0.822. The van der Waals surface area contributed by atoms with Crippen molar-refractivity contribution in [3.8, 4) is 0 Å². The molecule has 0 spiro atoms. The van der Waals surface area contributed by atoms with Crippen molar-refractivity contribution < 1.29 is 13.2 Å². The minimum atomic E-state index is -3.36. The summed E-state index contributed by atoms with van der Waals surface area (Å²) in [6, 6.07) is 7.86. The monoisotopic (exact) mass is 381 g/mol. The minimum absolute atomic E-state index is 0.123. The van der Waals surface area contributed by atoms with Crippen molar-refractivity contribution in [1.29, 1.82) is 0 Å². The van der Waals surface area contributed by atoms with Gasteiger partial charge in [-0.3, -0.25) is 4.79 Å². The minimum Gasteiger partial charge on any atom is -0.372 e. The van der Waals surface area contributed by atoms with Crippen LogP contribution in [0.5, 0.6) is 0 Å². The average molecular weight is 382 g/mol. The van der Waals surface area contributed by atoms with Crippen LogP contribution in [0.2, 0.25) is 0 Å². The molecule has 146 valence electrons. The first-order chi connectivity index (χ1) is 12.1. The molecule has 0 aromatic heterocycles. The number of sulfonamides is 1. The van der Waals surface area contributed by atoms with E-state index in [1.54, 1.807) is 0 Å². The van der Waals surface area contributed by atoms with Gasteiger partial charge in [-0.15, -0.1) is 0 Å². The van der Waals surface area contributed by atoms with E-state index in [2.05, 4.69) is 10.2 Å². The molecular weight excluding hydrogens is 350 g/mol. The molecule has 0 radical (unpaired) electrons. The molecule has 1 saturated heterocycles. The summed E-state index contributed by atoms with van der Waals surface area (Å²) in [5.74, 6) is -0.186. The number of piperidine rings is 1. The zero-order chi connectivity index (χ0) is 19.4. The summed E-state index contributed by atoms with van der Waals surface area (Å²) in [4.78, 5) is 14.6. The Morgan fingerprint density at radius 3 is 2.19 bits per heavy atom. The van der Waals surface area contributed by atoms with Crippen LogP contribution in [0.3, 0.4) is 0 Å². The van der Waals surface area contributed by atoms with Crippen molar-refractivity contribution >= 4 is 27.3 Å². The number of amides is 1. The van der Waals surface area contributed by atoms with Crippen molar-refractivity contribution in [2.24, 2.45) is 0 Å². The van der Waals surface area contributed by atoms with E-state index in [1.165, 1.54) is 35.5 Å². The van der Waals surface area contributed by atoms with Gasteiger partial charge in [-0.05, 0) is 64.3 Å². The summed E-state index contributed by atoms with van der Waals surface area (Å²) in [6.07, 6.45) is 5.05. The van der Waals surface area contributed by atoms with E-state index in [-0.39, 0.29) is 18.9 Å². The fourth-order valence-corrected chi connectivity index (χ4v) is 4.75. The standard InChI is InChI=1S/C19H31N3O3S/c1-19(2,3)22(26(4,24)25)15-12-18(23)20-16-8-10-17(11-9-16)21-13-6-5-7-14-21/h8-11H,5-7,12-15H2,1-4H3,(H,20,23). The third-order valence-corrected chi connectivity index (χ3v) is 6.09. The summed E-state index contributed by atoms with van der Waals surface area (Å²) < 4.78 is 25.2. The molecule has 0 bridgehead atoms. The Hall–Kier alpha value is -1.60. The molecule has 7 heteroatoms. The molecule has 1 aromatic rings. The van der Waals surface area contributed by atoms with Crippen LogP contribution in [-0.4, -0.2) is 50.1 Å². The molecule has 0 aliphatic carbocycles. The second-order valence-corrected chi connectivity index (χ2v) is 9.81. The van der Waals surface area contributed by atoms with Crippen LogP contribution in [0.15, 0.2) is 24.3 Å². The maximum absolute atomic E-state index is 12.2. The van der Waals surface area contributed by atoms with Crippen molar-refractivity contribution in [2.45, 2.75) is 52.0 Å². The lowest BCUT2D eigenvalue weighted by Gasteiger charge is -2.33. The number of nitrogens with one attached hydrogen (secondary N) is 1. The van der Waals surface area contributed by atoms with Crippen LogP contribution in [0.4, 0.5) is 11.4 Å². The smallest absolute Gasteiger partial charge is 0.225 e. The summed E-state index contributed by atoms with van der Waals surface area (Å²) in [5.41, 5.74) is 1.36. The highest BCUT2D eigenvalue weighted by Gasteiger charge is 2.29. The van der Waals surface area contributed by atoms with Crippen molar-refractivity contribution in [3.05, 3.63) is 24.3 Å². The van der Waals surface area contributed by atoms with Crippen LogP contribution < -0.4 is 10.2 Å². The first-order valence-corrected chi connectivity index (χ1v) is 11.0. The highest BCUT2D eigenvalue weighted by molar-refractivity contribution is 7.88. The SMILES string of the molecule is CC(C)(C)N(CCC(=O)Nc1ccc(N2CCCCC2)cc1)S(C)(=O)=O. The highest BCUT2D eigenvalue weighted by Crippen LogP contribution is 2.22. The summed E-state index contributed by atoms with van der Waals surface area (Å²) in [5, 5.41) is 2.85. The fraction of sp³-hybridized carbons (Fsp3) is 0.632. The molecule has 1 aliphatic heterocycles. The van der Waals surface area contributed by atoms with Gasteiger partial charge in [-0.25, -0.2) is 8.42 Å². The number of carbonyl (C=O) groups is 1. The first kappa shape index (κ1) is 20.7. The lowest BCUT2D eigenvalue weighted by Crippen LogP contribution is -2.46. The Labute approximate surface area is 157 Å². The van der Waals surface area contributed by atoms with Gasteiger partial charge in [0.1, 0.15) is 0 Å². The van der Waals surface area contributed by atoms with Gasteiger partial charge in [0.2, 0.25) is 15.9 Å². The van der Waals surface area contributed by atoms with Gasteiger partial charge < -0.3 is 10.2 Å². The van der Waals surface area contributed by atoms with Gasteiger partial charge in [0.15, 0.2) is 0 Å². The average Bonchev–Trinajstić information content (AvgIpc) is 2.54. The topological polar surface area (TPSA) is 69.7 Å². The number of carbonyl (C=O) groups excluding carboxylic acids is 1. The number of nitrogens with zero attached hydrogens (tertiary/aromatic N) is 2. The summed E-state index contributed by atoms with van der Waals surface area (Å²) in [6.45, 7) is 7.81. The second kappa shape index (κ2) is 8.39. The Bertz CT molecular complexity index is 703. The van der Waals surface area contributed by atoms with Gasteiger partial charge in [0.25, 0.3) is 0 Å². The molecule has 0 saturated carbocycles. The number of anilines is 2. The van der Waals surface area contributed by atoms with E-state index in [1.807, 2.05) is 45.0 Å². The largest absolute Gasteiger partial charge is 0.372 e. The molecule has 1 aromatic carbocycles. The van der Waals surface area contributed by atoms with E-state index in [0.717, 1.165) is 18.8 Å². The third-order valence-electron chi connectivity index (χ3n) is 4.56. The third kappa shape index (κ3) is 5.99. The van der Waals surface area contributed by atoms with Crippen molar-refractivity contribution in [1.82, 2.24) is 4.31 Å². The Balaban J connectivity index is 1.91. The zero-order valence-electron chi connectivity index (χ0n) is 16.3. The van der Waals surface area contributed by atoms with Crippen LogP contribution >= 0.6 is 0 Å². The number of hydrogen-bond donors (Lipinski definition) is 1. The normalized spacial score (nSPS) is 16.0. The molecule has 0 unspecified atom stereocenters.